The summed E-state index contributed by atoms with van der Waals surface area (Å²) in [4.78, 5) is 42.8. The number of hydrogen-bond donors (Lipinski definition) is 2. The van der Waals surface area contributed by atoms with Crippen LogP contribution in [-0.4, -0.2) is 84.6 Å². The van der Waals surface area contributed by atoms with Gasteiger partial charge in [0, 0.05) is 46.1 Å². The molecule has 2 fully saturated rings. The molecule has 0 spiro atoms. The van der Waals surface area contributed by atoms with Crippen LogP contribution in [0.5, 0.6) is 5.75 Å². The number of nitrogens with zero attached hydrogens (tertiary/aromatic N) is 2. The van der Waals surface area contributed by atoms with E-state index in [0.717, 1.165) is 12.1 Å². The third kappa shape index (κ3) is 7.04. The highest BCUT2D eigenvalue weighted by atomic mass is 19.4. The molecule has 42 heavy (non-hydrogen) atoms. The number of benzene rings is 2. The Hall–Kier alpha value is -3.64. The lowest BCUT2D eigenvalue weighted by Crippen LogP contribution is -2.61. The van der Waals surface area contributed by atoms with Crippen molar-refractivity contribution in [1.29, 1.82) is 0 Å². The molecule has 9 nitrogen and oxygen atoms in total. The summed E-state index contributed by atoms with van der Waals surface area (Å²) in [6, 6.07) is 10.8. The number of halogens is 3. The number of hydrogen-bond acceptors (Lipinski definition) is 6. The van der Waals surface area contributed by atoms with Gasteiger partial charge in [0.05, 0.1) is 36.0 Å². The highest BCUT2D eigenvalue weighted by Gasteiger charge is 2.39. The minimum absolute atomic E-state index is 0.131. The number of ether oxygens (including phenoxy) is 2. The number of rotatable bonds is 3. The molecule has 0 aliphatic carbocycles. The monoisotopic (exact) mass is 588 g/mol. The Morgan fingerprint density at radius 3 is 2.55 bits per heavy atom. The van der Waals surface area contributed by atoms with Gasteiger partial charge >= 0.3 is 6.18 Å². The third-order valence-electron chi connectivity index (χ3n) is 8.01. The zero-order valence-electron chi connectivity index (χ0n) is 23.4. The van der Waals surface area contributed by atoms with Gasteiger partial charge < -0.3 is 25.0 Å². The van der Waals surface area contributed by atoms with E-state index in [9.17, 15) is 27.6 Å². The van der Waals surface area contributed by atoms with Crippen molar-refractivity contribution < 1.29 is 37.0 Å². The molecule has 2 saturated heterocycles. The Labute approximate surface area is 242 Å². The molecular weight excluding hydrogens is 553 g/mol. The van der Waals surface area contributed by atoms with Crippen LogP contribution in [0.3, 0.4) is 0 Å². The average Bonchev–Trinajstić information content (AvgIpc) is 2.96. The number of para-hydroxylation sites is 1. The van der Waals surface area contributed by atoms with Crippen molar-refractivity contribution in [2.75, 3.05) is 32.8 Å². The molecule has 5 rings (SSSR count). The zero-order valence-corrected chi connectivity index (χ0v) is 23.4. The predicted octanol–water partition coefficient (Wildman–Crippen LogP) is 2.98. The van der Waals surface area contributed by atoms with Crippen LogP contribution < -0.4 is 15.4 Å². The molecule has 3 amide bonds. The number of carbonyl (C=O) groups excluding carboxylic acids is 3. The number of fused-ring (bicyclic) bond motifs is 4. The second-order valence-corrected chi connectivity index (χ2v) is 11.0. The molecule has 0 radical (unpaired) electrons. The molecular formula is C30H35F3N4O5. The minimum atomic E-state index is -4.42. The van der Waals surface area contributed by atoms with Crippen molar-refractivity contribution in [1.82, 2.24) is 20.4 Å². The molecule has 2 aromatic rings. The first-order chi connectivity index (χ1) is 20.1. The summed E-state index contributed by atoms with van der Waals surface area (Å²) in [6.45, 7) is 3.10. The number of amides is 3. The van der Waals surface area contributed by atoms with Crippen LogP contribution in [0.1, 0.15) is 47.7 Å². The molecule has 4 atom stereocenters. The molecule has 3 aliphatic heterocycles. The van der Waals surface area contributed by atoms with Gasteiger partial charge in [-0.3, -0.25) is 19.3 Å². The van der Waals surface area contributed by atoms with Gasteiger partial charge in [0.1, 0.15) is 11.8 Å². The molecule has 3 aliphatic rings. The molecule has 3 heterocycles. The van der Waals surface area contributed by atoms with Gasteiger partial charge in [-0.1, -0.05) is 24.3 Å². The topological polar surface area (TPSA) is 100 Å². The Morgan fingerprint density at radius 1 is 1.05 bits per heavy atom. The van der Waals surface area contributed by atoms with E-state index in [1.165, 1.54) is 24.0 Å². The quantitative estimate of drug-likeness (QED) is 0.572. The van der Waals surface area contributed by atoms with Crippen LogP contribution >= 0.6 is 0 Å². The van der Waals surface area contributed by atoms with Crippen molar-refractivity contribution >= 4 is 17.7 Å². The first kappa shape index (κ1) is 29.8. The van der Waals surface area contributed by atoms with E-state index in [2.05, 4.69) is 10.6 Å². The third-order valence-corrected chi connectivity index (χ3v) is 8.01. The maximum atomic E-state index is 13.8. The van der Waals surface area contributed by atoms with E-state index < -0.39 is 23.9 Å². The molecule has 0 unspecified atom stereocenters. The van der Waals surface area contributed by atoms with Gasteiger partial charge in [0.2, 0.25) is 11.8 Å². The number of carbonyl (C=O) groups is 3. The van der Waals surface area contributed by atoms with E-state index in [-0.39, 0.29) is 49.5 Å². The lowest BCUT2D eigenvalue weighted by molar-refractivity contribution is -0.137. The molecule has 226 valence electrons. The van der Waals surface area contributed by atoms with E-state index >= 15 is 0 Å². The Kier molecular flexibility index (Phi) is 9.02. The van der Waals surface area contributed by atoms with Crippen molar-refractivity contribution in [2.24, 2.45) is 0 Å². The van der Waals surface area contributed by atoms with Gasteiger partial charge in [0.25, 0.3) is 5.91 Å². The van der Waals surface area contributed by atoms with Crippen molar-refractivity contribution in [3.8, 4) is 5.75 Å². The summed E-state index contributed by atoms with van der Waals surface area (Å²) < 4.78 is 51.4. The lowest BCUT2D eigenvalue weighted by atomic mass is 9.96. The number of nitrogens with one attached hydrogen (secondary N) is 2. The van der Waals surface area contributed by atoms with Crippen LogP contribution in [0, 0.1) is 0 Å². The summed E-state index contributed by atoms with van der Waals surface area (Å²) in [5.41, 5.74) is 0.303. The summed E-state index contributed by atoms with van der Waals surface area (Å²) in [7, 11) is 0. The van der Waals surface area contributed by atoms with Crippen LogP contribution in [0.4, 0.5) is 13.2 Å². The maximum absolute atomic E-state index is 13.8. The van der Waals surface area contributed by atoms with Crippen LogP contribution in [-0.2, 0) is 27.0 Å². The summed E-state index contributed by atoms with van der Waals surface area (Å²) >= 11 is 0. The fraction of sp³-hybridized carbons (Fsp3) is 0.500. The van der Waals surface area contributed by atoms with E-state index in [1.54, 1.807) is 24.3 Å². The van der Waals surface area contributed by atoms with Crippen molar-refractivity contribution in [3.63, 3.8) is 0 Å². The largest absolute Gasteiger partial charge is 0.493 e. The Morgan fingerprint density at radius 2 is 1.81 bits per heavy atom. The first-order valence-corrected chi connectivity index (χ1v) is 14.2. The van der Waals surface area contributed by atoms with Crippen molar-refractivity contribution in [2.45, 2.75) is 63.2 Å². The molecule has 0 saturated carbocycles. The second kappa shape index (κ2) is 12.7. The normalized spacial score (nSPS) is 25.8. The molecule has 2 bridgehead atoms. The van der Waals surface area contributed by atoms with Crippen LogP contribution in [0.15, 0.2) is 48.5 Å². The van der Waals surface area contributed by atoms with E-state index in [1.807, 2.05) is 4.90 Å². The van der Waals surface area contributed by atoms with E-state index in [0.29, 0.717) is 55.8 Å². The minimum Gasteiger partial charge on any atom is -0.493 e. The first-order valence-electron chi connectivity index (χ1n) is 14.2. The Bertz CT molecular complexity index is 1290. The van der Waals surface area contributed by atoms with Gasteiger partial charge in [-0.05, 0) is 42.7 Å². The number of piperazine rings is 1. The lowest BCUT2D eigenvalue weighted by Gasteiger charge is -2.42. The second-order valence-electron chi connectivity index (χ2n) is 11.0. The highest BCUT2D eigenvalue weighted by Crippen LogP contribution is 2.30. The van der Waals surface area contributed by atoms with Gasteiger partial charge in [-0.15, -0.1) is 0 Å². The smallest absolute Gasteiger partial charge is 0.416 e. The summed E-state index contributed by atoms with van der Waals surface area (Å²) in [5, 5.41) is 5.88. The maximum Gasteiger partial charge on any atom is 0.416 e. The molecule has 2 aromatic carbocycles. The average molecular weight is 589 g/mol. The standard InChI is InChI=1S/C30H35F3N4O5/c1-19(38)35-24-11-10-22-12-15-41-26-5-3-2-4-23(26)29(40)37-14-13-36(18-25(37)28(39)34-16-27(24)42-22)17-20-6-8-21(9-7-20)30(31,32)33/h2-9,22,24-25,27H,10-18H2,1H3,(H,34,39)(H,35,38)/t22-,24+,25-,27+/m0/s1. The van der Waals surface area contributed by atoms with Crippen LogP contribution in [0.2, 0.25) is 0 Å². The summed E-state index contributed by atoms with van der Waals surface area (Å²) in [5.74, 6) is -0.460. The fourth-order valence-corrected chi connectivity index (χ4v) is 5.84. The molecule has 0 aromatic heterocycles. The van der Waals surface area contributed by atoms with Gasteiger partial charge in [0.15, 0.2) is 0 Å². The van der Waals surface area contributed by atoms with Gasteiger partial charge in [-0.2, -0.15) is 13.2 Å². The fourth-order valence-electron chi connectivity index (χ4n) is 5.84. The van der Waals surface area contributed by atoms with Crippen molar-refractivity contribution in [3.05, 3.63) is 65.2 Å². The molecule has 12 heteroatoms. The van der Waals surface area contributed by atoms with Crippen LogP contribution in [0.25, 0.3) is 0 Å². The molecule has 2 N–H and O–H groups in total. The summed E-state index contributed by atoms with van der Waals surface area (Å²) in [6.07, 6.45) is -3.01. The van der Waals surface area contributed by atoms with E-state index in [4.69, 9.17) is 9.47 Å². The zero-order chi connectivity index (χ0) is 29.9. The van der Waals surface area contributed by atoms with Gasteiger partial charge in [-0.25, -0.2) is 0 Å². The number of alkyl halides is 3. The Balaban J connectivity index is 1.38. The highest BCUT2D eigenvalue weighted by molar-refractivity contribution is 6.00. The SMILES string of the molecule is CC(=O)N[C@@H]1CC[C@H]2CCOc3ccccc3C(=O)N3CCN(Cc4ccc(C(F)(F)F)cc4)C[C@H]3C(=O)NC[C@H]1O2. The predicted molar refractivity (Wildman–Crippen MR) is 147 cm³/mol.